The third kappa shape index (κ3) is 2.34. The van der Waals surface area contributed by atoms with Crippen LogP contribution in [0.3, 0.4) is 0 Å². The molecular formula is C18H20N4. The molecule has 4 nitrogen and oxygen atoms in total. The molecule has 0 amide bonds. The maximum Gasteiger partial charge on any atom is 0.227 e. The normalized spacial score (nSPS) is 15.5. The average molecular weight is 292 g/mol. The van der Waals surface area contributed by atoms with Crippen LogP contribution in [0.2, 0.25) is 0 Å². The van der Waals surface area contributed by atoms with Crippen LogP contribution in [0.25, 0.3) is 10.9 Å². The van der Waals surface area contributed by atoms with Gasteiger partial charge in [0, 0.05) is 42.2 Å². The van der Waals surface area contributed by atoms with Crippen molar-refractivity contribution in [3.05, 3.63) is 48.4 Å². The van der Waals surface area contributed by atoms with Crippen LogP contribution in [0.1, 0.15) is 37.2 Å². The van der Waals surface area contributed by atoms with E-state index < -0.39 is 0 Å². The summed E-state index contributed by atoms with van der Waals surface area (Å²) in [6.45, 7) is 0. The predicted molar refractivity (Wildman–Crippen MR) is 89.4 cm³/mol. The van der Waals surface area contributed by atoms with Crippen LogP contribution in [-0.4, -0.2) is 14.5 Å². The van der Waals surface area contributed by atoms with Gasteiger partial charge in [0.1, 0.15) is 0 Å². The highest BCUT2D eigenvalue weighted by atomic mass is 15.1. The fourth-order valence-electron chi connectivity index (χ4n) is 3.56. The minimum Gasteiger partial charge on any atom is -0.350 e. The molecule has 1 saturated carbocycles. The standard InChI is InChI=1S/C18H20N4/c1-22-12-16(13-5-2-3-6-13)15-11-14(7-8-17(15)22)21-18-19-9-4-10-20-18/h4,7-13H,2-3,5-6H2,1H3,(H,19,20,21). The van der Waals surface area contributed by atoms with Crippen LogP contribution >= 0.6 is 0 Å². The zero-order chi connectivity index (χ0) is 14.9. The van der Waals surface area contributed by atoms with Crippen LogP contribution < -0.4 is 5.32 Å². The van der Waals surface area contributed by atoms with Crippen molar-refractivity contribution in [1.29, 1.82) is 0 Å². The lowest BCUT2D eigenvalue weighted by Crippen LogP contribution is -1.96. The second-order valence-corrected chi connectivity index (χ2v) is 6.11. The van der Waals surface area contributed by atoms with Crippen LogP contribution in [0.15, 0.2) is 42.9 Å². The van der Waals surface area contributed by atoms with Gasteiger partial charge in [-0.25, -0.2) is 9.97 Å². The van der Waals surface area contributed by atoms with Gasteiger partial charge in [-0.15, -0.1) is 0 Å². The molecule has 2 aromatic heterocycles. The van der Waals surface area contributed by atoms with E-state index >= 15 is 0 Å². The monoisotopic (exact) mass is 292 g/mol. The van der Waals surface area contributed by atoms with Crippen molar-refractivity contribution >= 4 is 22.5 Å². The van der Waals surface area contributed by atoms with Gasteiger partial charge in [0.05, 0.1) is 0 Å². The van der Waals surface area contributed by atoms with Crippen molar-refractivity contribution in [2.24, 2.45) is 7.05 Å². The molecule has 3 aromatic rings. The van der Waals surface area contributed by atoms with Crippen LogP contribution in [-0.2, 0) is 7.05 Å². The first-order valence-corrected chi connectivity index (χ1v) is 7.94. The van der Waals surface area contributed by atoms with E-state index in [9.17, 15) is 0 Å². The molecule has 0 aliphatic heterocycles. The van der Waals surface area contributed by atoms with E-state index in [0.29, 0.717) is 11.9 Å². The Labute approximate surface area is 130 Å². The van der Waals surface area contributed by atoms with Gasteiger partial charge in [0.25, 0.3) is 0 Å². The summed E-state index contributed by atoms with van der Waals surface area (Å²) in [4.78, 5) is 8.46. The minimum atomic E-state index is 0.639. The number of nitrogens with one attached hydrogen (secondary N) is 1. The molecule has 112 valence electrons. The SMILES string of the molecule is Cn1cc(C2CCCC2)c2cc(Nc3ncccn3)ccc21. The summed E-state index contributed by atoms with van der Waals surface area (Å²) >= 11 is 0. The number of hydrogen-bond donors (Lipinski definition) is 1. The smallest absolute Gasteiger partial charge is 0.227 e. The number of aromatic nitrogens is 3. The van der Waals surface area contributed by atoms with E-state index in [-0.39, 0.29) is 0 Å². The summed E-state index contributed by atoms with van der Waals surface area (Å²) in [5.74, 6) is 1.35. The van der Waals surface area contributed by atoms with Crippen molar-refractivity contribution in [2.45, 2.75) is 31.6 Å². The Kier molecular flexibility index (Phi) is 3.29. The number of fused-ring (bicyclic) bond motifs is 1. The lowest BCUT2D eigenvalue weighted by atomic mass is 9.97. The third-order valence-electron chi connectivity index (χ3n) is 4.64. The lowest BCUT2D eigenvalue weighted by Gasteiger charge is -2.09. The third-order valence-corrected chi connectivity index (χ3v) is 4.64. The Morgan fingerprint density at radius 3 is 2.68 bits per heavy atom. The minimum absolute atomic E-state index is 0.639. The largest absolute Gasteiger partial charge is 0.350 e. The topological polar surface area (TPSA) is 42.7 Å². The lowest BCUT2D eigenvalue weighted by molar-refractivity contribution is 0.724. The molecule has 1 N–H and O–H groups in total. The second kappa shape index (κ2) is 5.44. The highest BCUT2D eigenvalue weighted by molar-refractivity contribution is 5.88. The molecule has 0 unspecified atom stereocenters. The second-order valence-electron chi connectivity index (χ2n) is 6.11. The Morgan fingerprint density at radius 1 is 1.14 bits per heavy atom. The van der Waals surface area contributed by atoms with Gasteiger partial charge in [-0.05, 0) is 48.6 Å². The van der Waals surface area contributed by atoms with E-state index in [1.165, 1.54) is 42.1 Å². The summed E-state index contributed by atoms with van der Waals surface area (Å²) < 4.78 is 2.24. The summed E-state index contributed by atoms with van der Waals surface area (Å²) in [6.07, 6.45) is 11.2. The van der Waals surface area contributed by atoms with Crippen molar-refractivity contribution < 1.29 is 0 Å². The number of rotatable bonds is 3. The maximum absolute atomic E-state index is 4.23. The molecule has 0 spiro atoms. The first-order valence-electron chi connectivity index (χ1n) is 7.94. The molecule has 1 fully saturated rings. The molecule has 4 rings (SSSR count). The first kappa shape index (κ1) is 13.3. The molecule has 0 saturated heterocycles. The van der Waals surface area contributed by atoms with Gasteiger partial charge in [-0.3, -0.25) is 0 Å². The molecule has 1 aliphatic rings. The van der Waals surface area contributed by atoms with E-state index in [2.05, 4.69) is 51.3 Å². The van der Waals surface area contributed by atoms with E-state index in [1.807, 2.05) is 6.07 Å². The van der Waals surface area contributed by atoms with Gasteiger partial charge >= 0.3 is 0 Å². The Hall–Kier alpha value is -2.36. The average Bonchev–Trinajstić information content (AvgIpc) is 3.17. The molecule has 1 aromatic carbocycles. The fourth-order valence-corrected chi connectivity index (χ4v) is 3.56. The number of anilines is 2. The fraction of sp³-hybridized carbons (Fsp3) is 0.333. The van der Waals surface area contributed by atoms with Crippen molar-refractivity contribution in [3.63, 3.8) is 0 Å². The van der Waals surface area contributed by atoms with Crippen molar-refractivity contribution in [1.82, 2.24) is 14.5 Å². The van der Waals surface area contributed by atoms with Crippen LogP contribution in [0.5, 0.6) is 0 Å². The van der Waals surface area contributed by atoms with Gasteiger partial charge < -0.3 is 9.88 Å². The van der Waals surface area contributed by atoms with E-state index in [1.54, 1.807) is 12.4 Å². The number of hydrogen-bond acceptors (Lipinski definition) is 3. The van der Waals surface area contributed by atoms with E-state index in [4.69, 9.17) is 0 Å². The van der Waals surface area contributed by atoms with Gasteiger partial charge in [0.2, 0.25) is 5.95 Å². The molecule has 0 atom stereocenters. The highest BCUT2D eigenvalue weighted by Crippen LogP contribution is 2.39. The summed E-state index contributed by atoms with van der Waals surface area (Å²) in [5, 5.41) is 4.65. The first-order chi connectivity index (χ1) is 10.8. The van der Waals surface area contributed by atoms with Gasteiger partial charge in [-0.2, -0.15) is 0 Å². The number of benzene rings is 1. The molecular weight excluding hydrogens is 272 g/mol. The van der Waals surface area contributed by atoms with Crippen molar-refractivity contribution in [2.75, 3.05) is 5.32 Å². The Morgan fingerprint density at radius 2 is 1.91 bits per heavy atom. The number of nitrogens with zero attached hydrogens (tertiary/aromatic N) is 3. The van der Waals surface area contributed by atoms with Gasteiger partial charge in [0.15, 0.2) is 0 Å². The Bertz CT molecular complexity index is 785. The Balaban J connectivity index is 1.74. The summed E-state index contributed by atoms with van der Waals surface area (Å²) in [6, 6.07) is 8.33. The van der Waals surface area contributed by atoms with E-state index in [0.717, 1.165) is 5.69 Å². The molecule has 22 heavy (non-hydrogen) atoms. The number of aryl methyl sites for hydroxylation is 1. The van der Waals surface area contributed by atoms with Crippen molar-refractivity contribution in [3.8, 4) is 0 Å². The highest BCUT2D eigenvalue weighted by Gasteiger charge is 2.21. The van der Waals surface area contributed by atoms with Crippen LogP contribution in [0.4, 0.5) is 11.6 Å². The van der Waals surface area contributed by atoms with Gasteiger partial charge in [-0.1, -0.05) is 12.8 Å². The molecule has 2 heterocycles. The zero-order valence-electron chi connectivity index (χ0n) is 12.8. The zero-order valence-corrected chi connectivity index (χ0v) is 12.8. The summed E-state index contributed by atoms with van der Waals surface area (Å²) in [7, 11) is 2.13. The predicted octanol–water partition coefficient (Wildman–Crippen LogP) is 4.37. The van der Waals surface area contributed by atoms with Crippen LogP contribution in [0, 0.1) is 0 Å². The maximum atomic E-state index is 4.23. The quantitative estimate of drug-likeness (QED) is 0.779. The molecule has 4 heteroatoms. The molecule has 1 aliphatic carbocycles. The molecule has 0 radical (unpaired) electrons. The summed E-state index contributed by atoms with van der Waals surface area (Å²) in [5.41, 5.74) is 3.83. The molecule has 0 bridgehead atoms.